The fourth-order valence-electron chi connectivity index (χ4n) is 5.45. The summed E-state index contributed by atoms with van der Waals surface area (Å²) in [6.45, 7) is 0.352. The number of nitrogens with one attached hydrogen (secondary N) is 2. The molecular formula is C27H24N4O4. The van der Waals surface area contributed by atoms with E-state index >= 15 is 0 Å². The number of para-hydroxylation sites is 1. The van der Waals surface area contributed by atoms with Crippen molar-refractivity contribution in [2.24, 2.45) is 0 Å². The maximum absolute atomic E-state index is 13.8. The van der Waals surface area contributed by atoms with Crippen molar-refractivity contribution in [1.29, 1.82) is 0 Å². The van der Waals surface area contributed by atoms with Crippen LogP contribution in [0.5, 0.6) is 0 Å². The quantitative estimate of drug-likeness (QED) is 0.400. The summed E-state index contributed by atoms with van der Waals surface area (Å²) in [5.74, 6) is -0.246. The van der Waals surface area contributed by atoms with Crippen LogP contribution in [0, 0.1) is 5.21 Å². The number of nitrogens with zero attached hydrogens (tertiary/aromatic N) is 2. The molecule has 6 rings (SSSR count). The van der Waals surface area contributed by atoms with Crippen molar-refractivity contribution in [3.8, 4) is 0 Å². The lowest BCUT2D eigenvalue weighted by Crippen LogP contribution is -2.99. The molecule has 1 fully saturated rings. The molecule has 0 bridgehead atoms. The Morgan fingerprint density at radius 1 is 1.00 bits per heavy atom. The lowest BCUT2D eigenvalue weighted by molar-refractivity contribution is -0.991. The molecule has 3 aromatic carbocycles. The van der Waals surface area contributed by atoms with E-state index in [1.54, 1.807) is 21.9 Å². The Labute approximate surface area is 201 Å². The maximum atomic E-state index is 13.8. The lowest BCUT2D eigenvalue weighted by Gasteiger charge is -2.47. The Balaban J connectivity index is 1.47. The van der Waals surface area contributed by atoms with E-state index < -0.39 is 17.3 Å². The molecule has 2 aliphatic heterocycles. The number of rotatable bonds is 4. The highest BCUT2D eigenvalue weighted by molar-refractivity contribution is 5.97. The average molecular weight is 469 g/mol. The molecule has 0 aliphatic carbocycles. The number of H-pyrrole nitrogens is 1. The molecule has 2 aliphatic rings. The highest BCUT2D eigenvalue weighted by Crippen LogP contribution is 2.42. The summed E-state index contributed by atoms with van der Waals surface area (Å²) in [6, 6.07) is 22.9. The Kier molecular flexibility index (Phi) is 5.14. The van der Waals surface area contributed by atoms with Crippen molar-refractivity contribution in [2.45, 2.75) is 25.0 Å². The first-order valence-electron chi connectivity index (χ1n) is 11.6. The zero-order valence-corrected chi connectivity index (χ0v) is 18.8. The second-order valence-electron chi connectivity index (χ2n) is 9.10. The van der Waals surface area contributed by atoms with Gasteiger partial charge in [-0.05, 0) is 22.8 Å². The van der Waals surface area contributed by atoms with Gasteiger partial charge in [-0.2, -0.15) is 5.23 Å². The Morgan fingerprint density at radius 3 is 2.57 bits per heavy atom. The number of fused-ring (bicyclic) bond motifs is 4. The number of hydrogen-bond donors (Lipinski definition) is 3. The van der Waals surface area contributed by atoms with Crippen LogP contribution >= 0.6 is 0 Å². The highest BCUT2D eigenvalue weighted by atomic mass is 16.8. The minimum atomic E-state index is -1.04. The number of amides is 2. The Bertz CT molecular complexity index is 1430. The van der Waals surface area contributed by atoms with Gasteiger partial charge in [-0.25, -0.2) is 5.21 Å². The van der Waals surface area contributed by atoms with Gasteiger partial charge in [-0.3, -0.25) is 9.59 Å². The molecule has 8 heteroatoms. The van der Waals surface area contributed by atoms with Gasteiger partial charge < -0.3 is 20.0 Å². The number of aromatic amines is 1. The van der Waals surface area contributed by atoms with Crippen molar-refractivity contribution < 1.29 is 20.0 Å². The Morgan fingerprint density at radius 2 is 1.77 bits per heavy atom. The molecule has 3 heterocycles. The van der Waals surface area contributed by atoms with Gasteiger partial charge in [-0.1, -0.05) is 60.7 Å². The van der Waals surface area contributed by atoms with Crippen LogP contribution in [0.15, 0.2) is 78.9 Å². The third-order valence-electron chi connectivity index (χ3n) is 7.01. The zero-order valence-electron chi connectivity index (χ0n) is 18.8. The summed E-state index contributed by atoms with van der Waals surface area (Å²) in [4.78, 5) is 34.1. The molecule has 0 spiro atoms. The molecule has 3 N–H and O–H groups in total. The summed E-state index contributed by atoms with van der Waals surface area (Å²) < 4.78 is 0. The number of quaternary nitrogens is 1. The van der Waals surface area contributed by atoms with Crippen molar-refractivity contribution in [2.75, 3.05) is 6.54 Å². The van der Waals surface area contributed by atoms with Crippen LogP contribution < -0.4 is 5.23 Å². The van der Waals surface area contributed by atoms with Gasteiger partial charge in [0.2, 0.25) is 11.8 Å². The van der Waals surface area contributed by atoms with Gasteiger partial charge in [0.25, 0.3) is 0 Å². The van der Waals surface area contributed by atoms with Crippen LogP contribution in [0.2, 0.25) is 0 Å². The fraction of sp³-hybridized carbons (Fsp3) is 0.185. The summed E-state index contributed by atoms with van der Waals surface area (Å²) in [6.07, 6.45) is 0.407. The standard InChI is InChI=1S/C27H24N4O4/c32-24-16-29(15-17-7-2-1-3-8-17)27(33)23-14-21-20-11-4-5-12-22(20)28-25(21)26(30(23)24)18-9-6-10-19(13-18)31(34)35/h1-13,23,26,28,31,34H,14-16H2/t23-,26?/m0/s1. The van der Waals surface area contributed by atoms with Crippen molar-refractivity contribution >= 4 is 28.4 Å². The van der Waals surface area contributed by atoms with Crippen LogP contribution in [-0.2, 0) is 22.6 Å². The van der Waals surface area contributed by atoms with E-state index in [0.717, 1.165) is 27.7 Å². The highest BCUT2D eigenvalue weighted by Gasteiger charge is 2.48. The van der Waals surface area contributed by atoms with Gasteiger partial charge >= 0.3 is 0 Å². The number of aromatic nitrogens is 1. The number of benzene rings is 3. The first-order valence-corrected chi connectivity index (χ1v) is 11.6. The molecule has 176 valence electrons. The predicted molar refractivity (Wildman–Crippen MR) is 129 cm³/mol. The predicted octanol–water partition coefficient (Wildman–Crippen LogP) is 2.46. The van der Waals surface area contributed by atoms with E-state index in [1.165, 1.54) is 6.07 Å². The summed E-state index contributed by atoms with van der Waals surface area (Å²) in [7, 11) is 0. The van der Waals surface area contributed by atoms with Gasteiger partial charge in [0.1, 0.15) is 12.6 Å². The van der Waals surface area contributed by atoms with Gasteiger partial charge in [-0.15, -0.1) is 0 Å². The third-order valence-corrected chi connectivity index (χ3v) is 7.01. The first kappa shape index (κ1) is 21.5. The summed E-state index contributed by atoms with van der Waals surface area (Å²) in [5.41, 5.74) is 4.54. The van der Waals surface area contributed by atoms with E-state index in [9.17, 15) is 20.0 Å². The SMILES string of the molecule is O=C1[C@@H]2Cc3c([nH]c4ccccc34)C(c3cccc([NH+]([O-])O)c3)N2C(=O)CN1Cc1ccccc1. The van der Waals surface area contributed by atoms with Crippen molar-refractivity contribution in [1.82, 2.24) is 14.8 Å². The molecular weight excluding hydrogens is 444 g/mol. The second-order valence-corrected chi connectivity index (χ2v) is 9.10. The van der Waals surface area contributed by atoms with Gasteiger partial charge in [0.05, 0.1) is 6.04 Å². The van der Waals surface area contributed by atoms with E-state index in [4.69, 9.17) is 0 Å². The molecule has 1 saturated heterocycles. The van der Waals surface area contributed by atoms with Crippen LogP contribution in [-0.4, -0.2) is 44.4 Å². The lowest BCUT2D eigenvalue weighted by atomic mass is 9.86. The van der Waals surface area contributed by atoms with Gasteiger partial charge in [0.15, 0.2) is 5.69 Å². The monoisotopic (exact) mass is 468 g/mol. The molecule has 0 saturated carbocycles. The molecule has 3 atom stereocenters. The molecule has 2 unspecified atom stereocenters. The second kappa shape index (κ2) is 8.35. The maximum Gasteiger partial charge on any atom is 0.246 e. The van der Waals surface area contributed by atoms with Crippen LogP contribution in [0.3, 0.4) is 0 Å². The van der Waals surface area contributed by atoms with Crippen LogP contribution in [0.1, 0.15) is 28.4 Å². The Hall–Kier alpha value is -3.98. The normalized spacial score (nSPS) is 20.6. The van der Waals surface area contributed by atoms with Crippen LogP contribution in [0.4, 0.5) is 5.69 Å². The van der Waals surface area contributed by atoms with Crippen molar-refractivity contribution in [3.63, 3.8) is 0 Å². The fourth-order valence-corrected chi connectivity index (χ4v) is 5.45. The molecule has 8 nitrogen and oxygen atoms in total. The zero-order chi connectivity index (χ0) is 24.1. The number of carbonyl (C=O) groups excluding carboxylic acids is 2. The number of piperazine rings is 1. The summed E-state index contributed by atoms with van der Waals surface area (Å²) in [5, 5.41) is 21.2. The van der Waals surface area contributed by atoms with Gasteiger partial charge in [0, 0.05) is 41.7 Å². The first-order chi connectivity index (χ1) is 17.0. The van der Waals surface area contributed by atoms with Crippen LogP contribution in [0.25, 0.3) is 10.9 Å². The third kappa shape index (κ3) is 3.59. The minimum Gasteiger partial charge on any atom is -0.595 e. The van der Waals surface area contributed by atoms with E-state index in [-0.39, 0.29) is 24.0 Å². The molecule has 35 heavy (non-hydrogen) atoms. The largest absolute Gasteiger partial charge is 0.595 e. The average Bonchev–Trinajstić information content (AvgIpc) is 3.25. The molecule has 0 radical (unpaired) electrons. The molecule has 2 amide bonds. The number of hydrogen-bond acceptors (Lipinski definition) is 4. The van der Waals surface area contributed by atoms with Crippen molar-refractivity contribution in [3.05, 3.63) is 106 Å². The minimum absolute atomic E-state index is 0.0189. The smallest absolute Gasteiger partial charge is 0.246 e. The summed E-state index contributed by atoms with van der Waals surface area (Å²) >= 11 is 0. The molecule has 1 aromatic heterocycles. The topological polar surface area (TPSA) is 104 Å². The number of carbonyl (C=O) groups is 2. The molecule has 4 aromatic rings. The van der Waals surface area contributed by atoms with E-state index in [2.05, 4.69) is 4.98 Å². The van der Waals surface area contributed by atoms with E-state index in [1.807, 2.05) is 60.7 Å². The van der Waals surface area contributed by atoms with E-state index in [0.29, 0.717) is 18.5 Å².